The Bertz CT molecular complexity index is 836. The van der Waals surface area contributed by atoms with Crippen LogP contribution in [-0.4, -0.2) is 63.5 Å². The summed E-state index contributed by atoms with van der Waals surface area (Å²) in [4.78, 5) is 25.5. The number of aryl methyl sites for hydroxylation is 1. The Balaban J connectivity index is 1.74. The molecule has 1 aliphatic rings. The third kappa shape index (κ3) is 4.61. The first kappa shape index (κ1) is 19.7. The number of urea groups is 1. The fraction of sp³-hybridized carbons (Fsp3) is 0.421. The van der Waals surface area contributed by atoms with Gasteiger partial charge >= 0.3 is 6.03 Å². The molecule has 9 heteroatoms. The number of nitrogens with zero attached hydrogens (tertiary/aromatic N) is 4. The Morgan fingerprint density at radius 3 is 2.57 bits per heavy atom. The van der Waals surface area contributed by atoms with Crippen molar-refractivity contribution in [3.05, 3.63) is 30.0 Å². The fourth-order valence-electron chi connectivity index (χ4n) is 2.89. The highest BCUT2D eigenvalue weighted by molar-refractivity contribution is 6.01. The number of carbonyl (C=O) groups excluding carboxylic acids is 1. The van der Waals surface area contributed by atoms with Gasteiger partial charge in [0.1, 0.15) is 11.4 Å². The number of morpholine rings is 1. The fourth-order valence-corrected chi connectivity index (χ4v) is 2.89. The molecule has 1 aromatic heterocycles. The van der Waals surface area contributed by atoms with E-state index in [-0.39, 0.29) is 6.03 Å². The highest BCUT2D eigenvalue weighted by Crippen LogP contribution is 2.25. The molecule has 1 aliphatic heterocycles. The van der Waals surface area contributed by atoms with Crippen molar-refractivity contribution >= 4 is 29.2 Å². The first-order chi connectivity index (χ1) is 13.5. The lowest BCUT2D eigenvalue weighted by atomic mass is 10.2. The summed E-state index contributed by atoms with van der Waals surface area (Å²) in [5, 5.41) is 5.68. The molecule has 2 heterocycles. The Hall–Kier alpha value is -3.07. The molecule has 1 saturated heterocycles. The molecule has 0 atom stereocenters. The molecule has 0 spiro atoms. The van der Waals surface area contributed by atoms with Gasteiger partial charge in [0.25, 0.3) is 0 Å². The zero-order valence-electron chi connectivity index (χ0n) is 16.7. The lowest BCUT2D eigenvalue weighted by Gasteiger charge is -2.28. The van der Waals surface area contributed by atoms with E-state index in [2.05, 4.69) is 25.5 Å². The zero-order chi connectivity index (χ0) is 20.1. The van der Waals surface area contributed by atoms with Crippen molar-refractivity contribution in [1.29, 1.82) is 0 Å². The number of hydrogen-bond acceptors (Lipinski definition) is 7. The number of benzene rings is 1. The summed E-state index contributed by atoms with van der Waals surface area (Å²) in [5.74, 6) is 2.01. The molecule has 0 aliphatic carbocycles. The second-order valence-electron chi connectivity index (χ2n) is 6.66. The number of rotatable bonds is 5. The van der Waals surface area contributed by atoms with Gasteiger partial charge < -0.3 is 29.9 Å². The number of nitrogens with one attached hydrogen (secondary N) is 2. The maximum Gasteiger partial charge on any atom is 0.323 e. The maximum atomic E-state index is 12.5. The molecule has 0 unspecified atom stereocenters. The SMILES string of the molecule is COc1ccc(NC(=O)Nc2cnc(N3CCOCC3)nc2N(C)C)c(C)c1. The van der Waals surface area contributed by atoms with E-state index in [1.54, 1.807) is 25.4 Å². The van der Waals surface area contributed by atoms with Gasteiger partial charge in [-0.25, -0.2) is 9.78 Å². The summed E-state index contributed by atoms with van der Waals surface area (Å²) >= 11 is 0. The molecule has 2 amide bonds. The molecule has 2 N–H and O–H groups in total. The van der Waals surface area contributed by atoms with Gasteiger partial charge in [0.05, 0.1) is 26.5 Å². The van der Waals surface area contributed by atoms with E-state index in [0.29, 0.717) is 36.4 Å². The second-order valence-corrected chi connectivity index (χ2v) is 6.66. The molecule has 1 fully saturated rings. The van der Waals surface area contributed by atoms with Gasteiger partial charge in [-0.05, 0) is 30.7 Å². The number of amides is 2. The van der Waals surface area contributed by atoms with E-state index < -0.39 is 0 Å². The van der Waals surface area contributed by atoms with Gasteiger partial charge in [0.2, 0.25) is 5.95 Å². The van der Waals surface area contributed by atoms with Crippen molar-refractivity contribution in [1.82, 2.24) is 9.97 Å². The number of carbonyl (C=O) groups is 1. The van der Waals surface area contributed by atoms with Crippen LogP contribution in [-0.2, 0) is 4.74 Å². The normalized spacial score (nSPS) is 13.8. The number of methoxy groups -OCH3 is 1. The topological polar surface area (TPSA) is 91.8 Å². The third-order valence-corrected chi connectivity index (χ3v) is 4.40. The van der Waals surface area contributed by atoms with Crippen LogP contribution in [0.4, 0.5) is 27.9 Å². The first-order valence-corrected chi connectivity index (χ1v) is 9.07. The minimum absolute atomic E-state index is 0.362. The number of hydrogen-bond donors (Lipinski definition) is 2. The van der Waals surface area contributed by atoms with E-state index >= 15 is 0 Å². The molecule has 0 saturated carbocycles. The van der Waals surface area contributed by atoms with Crippen LogP contribution >= 0.6 is 0 Å². The van der Waals surface area contributed by atoms with Crippen LogP contribution in [0.3, 0.4) is 0 Å². The number of ether oxygens (including phenoxy) is 2. The second kappa shape index (κ2) is 8.75. The summed E-state index contributed by atoms with van der Waals surface area (Å²) in [6, 6.07) is 5.10. The molecule has 0 bridgehead atoms. The molecule has 2 aromatic rings. The van der Waals surface area contributed by atoms with Crippen molar-refractivity contribution in [2.45, 2.75) is 6.92 Å². The lowest BCUT2D eigenvalue weighted by molar-refractivity contribution is 0.122. The average Bonchev–Trinajstić information content (AvgIpc) is 2.70. The third-order valence-electron chi connectivity index (χ3n) is 4.40. The van der Waals surface area contributed by atoms with Crippen LogP contribution < -0.4 is 25.2 Å². The van der Waals surface area contributed by atoms with Gasteiger partial charge in [0.15, 0.2) is 5.82 Å². The molecule has 9 nitrogen and oxygen atoms in total. The van der Waals surface area contributed by atoms with Crippen molar-refractivity contribution in [2.24, 2.45) is 0 Å². The summed E-state index contributed by atoms with van der Waals surface area (Å²) in [5.41, 5.74) is 2.14. The van der Waals surface area contributed by atoms with E-state index in [1.807, 2.05) is 32.0 Å². The van der Waals surface area contributed by atoms with Gasteiger partial charge in [-0.3, -0.25) is 0 Å². The minimum Gasteiger partial charge on any atom is -0.497 e. The molecule has 1 aromatic carbocycles. The number of anilines is 4. The van der Waals surface area contributed by atoms with Crippen LogP contribution in [0, 0.1) is 6.92 Å². The summed E-state index contributed by atoms with van der Waals surface area (Å²) < 4.78 is 10.6. The summed E-state index contributed by atoms with van der Waals surface area (Å²) in [6.45, 7) is 4.71. The molecule has 0 radical (unpaired) electrons. The predicted molar refractivity (Wildman–Crippen MR) is 110 cm³/mol. The Labute approximate surface area is 164 Å². The van der Waals surface area contributed by atoms with Gasteiger partial charge in [0, 0.05) is 32.9 Å². The van der Waals surface area contributed by atoms with E-state index in [0.717, 1.165) is 24.4 Å². The van der Waals surface area contributed by atoms with Crippen molar-refractivity contribution in [2.75, 3.05) is 67.9 Å². The van der Waals surface area contributed by atoms with Crippen molar-refractivity contribution in [3.63, 3.8) is 0 Å². The highest BCUT2D eigenvalue weighted by atomic mass is 16.5. The summed E-state index contributed by atoms with van der Waals surface area (Å²) in [7, 11) is 5.36. The average molecular weight is 386 g/mol. The Morgan fingerprint density at radius 1 is 1.21 bits per heavy atom. The summed E-state index contributed by atoms with van der Waals surface area (Å²) in [6.07, 6.45) is 1.63. The zero-order valence-corrected chi connectivity index (χ0v) is 16.7. The monoisotopic (exact) mass is 386 g/mol. The Morgan fingerprint density at radius 2 is 1.93 bits per heavy atom. The van der Waals surface area contributed by atoms with Crippen LogP contribution in [0.5, 0.6) is 5.75 Å². The van der Waals surface area contributed by atoms with Crippen molar-refractivity contribution < 1.29 is 14.3 Å². The smallest absolute Gasteiger partial charge is 0.323 e. The van der Waals surface area contributed by atoms with Crippen molar-refractivity contribution in [3.8, 4) is 5.75 Å². The van der Waals surface area contributed by atoms with E-state index in [9.17, 15) is 4.79 Å². The largest absolute Gasteiger partial charge is 0.497 e. The molecule has 150 valence electrons. The lowest BCUT2D eigenvalue weighted by Crippen LogP contribution is -2.37. The first-order valence-electron chi connectivity index (χ1n) is 9.07. The van der Waals surface area contributed by atoms with Gasteiger partial charge in [-0.2, -0.15) is 4.98 Å². The Kier molecular flexibility index (Phi) is 6.15. The van der Waals surface area contributed by atoms with E-state index in [1.165, 1.54) is 0 Å². The van der Waals surface area contributed by atoms with Gasteiger partial charge in [-0.1, -0.05) is 0 Å². The molecule has 3 rings (SSSR count). The number of aromatic nitrogens is 2. The van der Waals surface area contributed by atoms with Crippen LogP contribution in [0.15, 0.2) is 24.4 Å². The standard InChI is InChI=1S/C19H26N6O3/c1-13-11-14(27-4)5-6-15(13)21-19(26)22-16-12-20-18(23-17(16)24(2)3)25-7-9-28-10-8-25/h5-6,11-12H,7-10H2,1-4H3,(H2,21,22,26). The minimum atomic E-state index is -0.362. The van der Waals surface area contributed by atoms with Crippen LogP contribution in [0.1, 0.15) is 5.56 Å². The van der Waals surface area contributed by atoms with Crippen LogP contribution in [0.25, 0.3) is 0 Å². The molecular weight excluding hydrogens is 360 g/mol. The maximum absolute atomic E-state index is 12.5. The van der Waals surface area contributed by atoms with Crippen LogP contribution in [0.2, 0.25) is 0 Å². The van der Waals surface area contributed by atoms with Gasteiger partial charge in [-0.15, -0.1) is 0 Å². The highest BCUT2D eigenvalue weighted by Gasteiger charge is 2.18. The molecular formula is C19H26N6O3. The predicted octanol–water partition coefficient (Wildman–Crippen LogP) is 2.34. The quantitative estimate of drug-likeness (QED) is 0.815. The molecule has 28 heavy (non-hydrogen) atoms. The van der Waals surface area contributed by atoms with E-state index in [4.69, 9.17) is 9.47 Å².